The van der Waals surface area contributed by atoms with Crippen molar-refractivity contribution in [2.75, 3.05) is 13.1 Å². The number of hydrogen-bond acceptors (Lipinski definition) is 5. The van der Waals surface area contributed by atoms with Gasteiger partial charge in [0.05, 0.1) is 15.7 Å². The van der Waals surface area contributed by atoms with Gasteiger partial charge in [0.25, 0.3) is 5.91 Å². The zero-order chi connectivity index (χ0) is 21.4. The Morgan fingerprint density at radius 3 is 2.68 bits per heavy atom. The first kappa shape index (κ1) is 19.6. The third kappa shape index (κ3) is 3.86. The zero-order valence-corrected chi connectivity index (χ0v) is 17.7. The first-order valence-electron chi connectivity index (χ1n) is 10.3. The second-order valence-electron chi connectivity index (χ2n) is 7.70. The summed E-state index contributed by atoms with van der Waals surface area (Å²) < 4.78 is 9.14. The predicted octanol–water partition coefficient (Wildman–Crippen LogP) is 3.42. The third-order valence-electron chi connectivity index (χ3n) is 5.60. The molecule has 2 aromatic heterocycles. The van der Waals surface area contributed by atoms with Crippen molar-refractivity contribution >= 4 is 44.3 Å². The van der Waals surface area contributed by atoms with Crippen molar-refractivity contribution < 1.29 is 14.3 Å². The van der Waals surface area contributed by atoms with Crippen LogP contribution in [0, 0.1) is 0 Å². The van der Waals surface area contributed by atoms with E-state index in [2.05, 4.69) is 4.98 Å². The van der Waals surface area contributed by atoms with E-state index >= 15 is 0 Å². The molecule has 1 aliphatic heterocycles. The second-order valence-corrected chi connectivity index (χ2v) is 8.73. The lowest BCUT2D eigenvalue weighted by Crippen LogP contribution is -2.41. The average Bonchev–Trinajstić information content (AvgIpc) is 3.38. The maximum absolute atomic E-state index is 12.9. The van der Waals surface area contributed by atoms with Crippen molar-refractivity contribution in [1.29, 1.82) is 0 Å². The number of ether oxygens (including phenoxy) is 1. The highest BCUT2D eigenvalue weighted by Gasteiger charge is 2.27. The summed E-state index contributed by atoms with van der Waals surface area (Å²) >= 11 is 1.44. The van der Waals surface area contributed by atoms with Crippen LogP contribution in [-0.4, -0.2) is 45.5 Å². The van der Waals surface area contributed by atoms with Crippen LogP contribution in [0.4, 0.5) is 0 Å². The number of aromatic nitrogens is 2. The molecule has 0 radical (unpaired) electrons. The van der Waals surface area contributed by atoms with E-state index in [-0.39, 0.29) is 24.5 Å². The molecule has 0 aliphatic carbocycles. The standard InChI is InChI=1S/C23H22N4O3S/c24-21(28)14-27-13-10-16-18(27)5-3-6-19(16)30-15-8-11-26(12-9-15)23(29)22-25-17-4-1-2-7-20(17)31-22/h1-7,10,13,15H,8-9,11-12,14H2,(H2,24,28). The largest absolute Gasteiger partial charge is 0.490 e. The number of hydrogen-bond donors (Lipinski definition) is 1. The highest BCUT2D eigenvalue weighted by atomic mass is 32.1. The molecule has 3 heterocycles. The van der Waals surface area contributed by atoms with Gasteiger partial charge in [0.15, 0.2) is 5.01 Å². The number of nitrogens with zero attached hydrogens (tertiary/aromatic N) is 3. The second kappa shape index (κ2) is 8.03. The molecular weight excluding hydrogens is 412 g/mol. The third-order valence-corrected chi connectivity index (χ3v) is 6.62. The molecule has 0 unspecified atom stereocenters. The quantitative estimate of drug-likeness (QED) is 0.521. The van der Waals surface area contributed by atoms with E-state index in [9.17, 15) is 9.59 Å². The van der Waals surface area contributed by atoms with Crippen LogP contribution >= 0.6 is 11.3 Å². The van der Waals surface area contributed by atoms with Crippen LogP contribution in [-0.2, 0) is 11.3 Å². The lowest BCUT2D eigenvalue weighted by atomic mass is 10.1. The normalized spacial score (nSPS) is 14.9. The Balaban J connectivity index is 1.25. The number of rotatable bonds is 5. The highest BCUT2D eigenvalue weighted by Crippen LogP contribution is 2.30. The van der Waals surface area contributed by atoms with Gasteiger partial charge in [0.2, 0.25) is 5.91 Å². The molecule has 2 amide bonds. The molecule has 1 aliphatic rings. The number of para-hydroxylation sites is 1. The molecule has 1 saturated heterocycles. The molecule has 2 N–H and O–H groups in total. The average molecular weight is 435 g/mol. The van der Waals surface area contributed by atoms with Gasteiger partial charge in [-0.2, -0.15) is 0 Å². The molecule has 0 atom stereocenters. The number of amides is 2. The van der Waals surface area contributed by atoms with E-state index < -0.39 is 0 Å². The van der Waals surface area contributed by atoms with E-state index in [0.29, 0.717) is 18.1 Å². The van der Waals surface area contributed by atoms with E-state index in [1.807, 2.05) is 64.2 Å². The van der Waals surface area contributed by atoms with Crippen molar-refractivity contribution in [2.24, 2.45) is 5.73 Å². The minimum absolute atomic E-state index is 0.00900. The van der Waals surface area contributed by atoms with Crippen molar-refractivity contribution in [3.05, 3.63) is 59.7 Å². The van der Waals surface area contributed by atoms with E-state index in [0.717, 1.165) is 39.7 Å². The Morgan fingerprint density at radius 1 is 1.10 bits per heavy atom. The number of nitrogens with two attached hydrogens (primary N) is 1. The van der Waals surface area contributed by atoms with Crippen molar-refractivity contribution in [2.45, 2.75) is 25.5 Å². The Kier molecular flexibility index (Phi) is 5.07. The van der Waals surface area contributed by atoms with Gasteiger partial charge < -0.3 is 19.9 Å². The van der Waals surface area contributed by atoms with Crippen molar-refractivity contribution in [3.63, 3.8) is 0 Å². The molecule has 158 valence electrons. The van der Waals surface area contributed by atoms with Gasteiger partial charge in [-0.15, -0.1) is 11.3 Å². The maximum atomic E-state index is 12.9. The number of carbonyl (C=O) groups excluding carboxylic acids is 2. The summed E-state index contributed by atoms with van der Waals surface area (Å²) in [5, 5.41) is 1.50. The van der Waals surface area contributed by atoms with Crippen molar-refractivity contribution in [3.8, 4) is 5.75 Å². The lowest BCUT2D eigenvalue weighted by molar-refractivity contribution is -0.118. The van der Waals surface area contributed by atoms with Crippen LogP contribution in [0.5, 0.6) is 5.75 Å². The number of primary amides is 1. The lowest BCUT2D eigenvalue weighted by Gasteiger charge is -2.31. The highest BCUT2D eigenvalue weighted by molar-refractivity contribution is 7.20. The fraction of sp³-hybridized carbons (Fsp3) is 0.261. The zero-order valence-electron chi connectivity index (χ0n) is 16.9. The molecule has 2 aromatic carbocycles. The minimum Gasteiger partial charge on any atom is -0.490 e. The molecule has 1 fully saturated rings. The molecule has 8 heteroatoms. The fourth-order valence-corrected chi connectivity index (χ4v) is 4.99. The number of thiazole rings is 1. The summed E-state index contributed by atoms with van der Waals surface area (Å²) in [7, 11) is 0. The van der Waals surface area contributed by atoms with Crippen LogP contribution in [0.2, 0.25) is 0 Å². The Labute approximate surface area is 183 Å². The van der Waals surface area contributed by atoms with Crippen LogP contribution in [0.1, 0.15) is 22.6 Å². The summed E-state index contributed by atoms with van der Waals surface area (Å²) in [4.78, 5) is 30.5. The number of fused-ring (bicyclic) bond motifs is 2. The number of benzene rings is 2. The molecule has 7 nitrogen and oxygen atoms in total. The van der Waals surface area contributed by atoms with Gasteiger partial charge in [-0.3, -0.25) is 9.59 Å². The van der Waals surface area contributed by atoms with E-state index in [4.69, 9.17) is 10.5 Å². The fourth-order valence-electron chi connectivity index (χ4n) is 4.06. The summed E-state index contributed by atoms with van der Waals surface area (Å²) in [6.45, 7) is 1.41. The van der Waals surface area contributed by atoms with Crippen LogP contribution in [0.15, 0.2) is 54.7 Å². The topological polar surface area (TPSA) is 90.5 Å². The maximum Gasteiger partial charge on any atom is 0.282 e. The van der Waals surface area contributed by atoms with E-state index in [1.54, 1.807) is 0 Å². The minimum atomic E-state index is -0.381. The first-order chi connectivity index (χ1) is 15.1. The number of carbonyl (C=O) groups is 2. The number of likely N-dealkylation sites (tertiary alicyclic amines) is 1. The summed E-state index contributed by atoms with van der Waals surface area (Å²) in [5.41, 5.74) is 7.12. The van der Waals surface area contributed by atoms with Gasteiger partial charge in [-0.1, -0.05) is 18.2 Å². The smallest absolute Gasteiger partial charge is 0.282 e. The van der Waals surface area contributed by atoms with Gasteiger partial charge in [0, 0.05) is 37.5 Å². The van der Waals surface area contributed by atoms with Crippen LogP contribution in [0.3, 0.4) is 0 Å². The molecule has 0 saturated carbocycles. The molecule has 0 spiro atoms. The van der Waals surface area contributed by atoms with Crippen molar-refractivity contribution in [1.82, 2.24) is 14.5 Å². The molecule has 0 bridgehead atoms. The summed E-state index contributed by atoms with van der Waals surface area (Å²) in [6, 6.07) is 15.6. The summed E-state index contributed by atoms with van der Waals surface area (Å²) in [5.74, 6) is 0.399. The Bertz CT molecular complexity index is 1240. The van der Waals surface area contributed by atoms with Gasteiger partial charge in [-0.05, 0) is 30.3 Å². The molecule has 4 aromatic rings. The van der Waals surface area contributed by atoms with Gasteiger partial charge in [0.1, 0.15) is 18.4 Å². The molecule has 5 rings (SSSR count). The predicted molar refractivity (Wildman–Crippen MR) is 120 cm³/mol. The Hall–Kier alpha value is -3.39. The van der Waals surface area contributed by atoms with Gasteiger partial charge >= 0.3 is 0 Å². The van der Waals surface area contributed by atoms with Crippen LogP contribution < -0.4 is 10.5 Å². The first-order valence-corrected chi connectivity index (χ1v) is 11.1. The van der Waals surface area contributed by atoms with Crippen LogP contribution in [0.25, 0.3) is 21.1 Å². The molecule has 31 heavy (non-hydrogen) atoms. The number of piperidine rings is 1. The SMILES string of the molecule is NC(=O)Cn1ccc2c(OC3CCN(C(=O)c4nc5ccccc5s4)CC3)cccc21. The monoisotopic (exact) mass is 434 g/mol. The van der Waals surface area contributed by atoms with E-state index in [1.165, 1.54) is 11.3 Å². The summed E-state index contributed by atoms with van der Waals surface area (Å²) in [6.07, 6.45) is 3.40. The molecular formula is C23H22N4O3S. The van der Waals surface area contributed by atoms with Gasteiger partial charge in [-0.25, -0.2) is 4.98 Å². The Morgan fingerprint density at radius 2 is 1.90 bits per heavy atom.